The maximum absolute atomic E-state index is 11.1. The van der Waals surface area contributed by atoms with Crippen molar-refractivity contribution in [3.8, 4) is 22.3 Å². The number of aromatic carboxylic acids is 2. The third-order valence-electron chi connectivity index (χ3n) is 3.77. The van der Waals surface area contributed by atoms with Crippen LogP contribution < -0.4 is 0 Å². The largest absolute Gasteiger partial charge is 0.478 e. The molecule has 0 atom stereocenters. The van der Waals surface area contributed by atoms with Crippen LogP contribution in [0.3, 0.4) is 0 Å². The van der Waals surface area contributed by atoms with E-state index in [0.717, 1.165) is 22.3 Å². The van der Waals surface area contributed by atoms with E-state index < -0.39 is 11.9 Å². The van der Waals surface area contributed by atoms with E-state index in [0.29, 0.717) is 0 Å². The Morgan fingerprint density at radius 3 is 1.25 bits per heavy atom. The van der Waals surface area contributed by atoms with Gasteiger partial charge in [0.2, 0.25) is 0 Å². The summed E-state index contributed by atoms with van der Waals surface area (Å²) in [5, 5.41) is 18.1. The van der Waals surface area contributed by atoms with Crippen molar-refractivity contribution in [1.29, 1.82) is 0 Å². The highest BCUT2D eigenvalue weighted by Gasteiger charge is 2.07. The fourth-order valence-electron chi connectivity index (χ4n) is 2.52. The molecule has 4 nitrogen and oxygen atoms in total. The molecule has 0 bridgehead atoms. The lowest BCUT2D eigenvalue weighted by Gasteiger charge is -2.06. The Morgan fingerprint density at radius 2 is 0.917 bits per heavy atom. The van der Waals surface area contributed by atoms with E-state index in [-0.39, 0.29) is 11.1 Å². The molecule has 3 aromatic carbocycles. The molecule has 0 heterocycles. The molecule has 24 heavy (non-hydrogen) atoms. The van der Waals surface area contributed by atoms with Crippen LogP contribution in [-0.2, 0) is 0 Å². The maximum atomic E-state index is 11.1. The maximum Gasteiger partial charge on any atom is 0.335 e. The van der Waals surface area contributed by atoms with Gasteiger partial charge in [-0.1, -0.05) is 48.5 Å². The van der Waals surface area contributed by atoms with Gasteiger partial charge < -0.3 is 10.2 Å². The fourth-order valence-corrected chi connectivity index (χ4v) is 2.52. The van der Waals surface area contributed by atoms with Gasteiger partial charge in [-0.15, -0.1) is 0 Å². The van der Waals surface area contributed by atoms with Gasteiger partial charge in [0.15, 0.2) is 0 Å². The summed E-state index contributed by atoms with van der Waals surface area (Å²) in [6.07, 6.45) is 0. The first-order valence-corrected chi connectivity index (χ1v) is 7.32. The minimum atomic E-state index is -0.959. The van der Waals surface area contributed by atoms with Crippen LogP contribution in [0.4, 0.5) is 0 Å². The molecule has 3 rings (SSSR count). The first kappa shape index (κ1) is 15.5. The third-order valence-corrected chi connectivity index (χ3v) is 3.77. The van der Waals surface area contributed by atoms with E-state index in [9.17, 15) is 9.59 Å². The van der Waals surface area contributed by atoms with E-state index in [1.54, 1.807) is 36.4 Å². The van der Waals surface area contributed by atoms with Crippen molar-refractivity contribution in [2.75, 3.05) is 0 Å². The second-order valence-corrected chi connectivity index (χ2v) is 5.35. The molecule has 4 heteroatoms. The minimum absolute atomic E-state index is 0.241. The predicted molar refractivity (Wildman–Crippen MR) is 91.2 cm³/mol. The number of benzene rings is 3. The lowest BCUT2D eigenvalue weighted by atomic mass is 9.98. The number of carboxylic acid groups (broad SMARTS) is 2. The molecule has 0 amide bonds. The van der Waals surface area contributed by atoms with Crippen molar-refractivity contribution in [3.05, 3.63) is 83.9 Å². The number of hydrogen-bond acceptors (Lipinski definition) is 2. The SMILES string of the molecule is O=C(O)c1cccc(-c2ccc(-c3cccc(C(=O)O)c3)cc2)c1. The summed E-state index contributed by atoms with van der Waals surface area (Å²) < 4.78 is 0. The number of hydrogen-bond donors (Lipinski definition) is 2. The van der Waals surface area contributed by atoms with Crippen LogP contribution in [0.15, 0.2) is 72.8 Å². The van der Waals surface area contributed by atoms with Gasteiger partial charge in [0.05, 0.1) is 11.1 Å². The average Bonchev–Trinajstić information content (AvgIpc) is 2.62. The van der Waals surface area contributed by atoms with Gasteiger partial charge in [-0.2, -0.15) is 0 Å². The molecule has 0 aliphatic carbocycles. The van der Waals surface area contributed by atoms with Crippen molar-refractivity contribution in [2.24, 2.45) is 0 Å². The van der Waals surface area contributed by atoms with Crippen LogP contribution in [0, 0.1) is 0 Å². The van der Waals surface area contributed by atoms with Crippen LogP contribution in [0.2, 0.25) is 0 Å². The molecule has 3 aromatic rings. The van der Waals surface area contributed by atoms with E-state index in [4.69, 9.17) is 10.2 Å². The Balaban J connectivity index is 1.94. The van der Waals surface area contributed by atoms with Gasteiger partial charge in [0, 0.05) is 0 Å². The Bertz CT molecular complexity index is 834. The highest BCUT2D eigenvalue weighted by atomic mass is 16.4. The van der Waals surface area contributed by atoms with Crippen molar-refractivity contribution in [3.63, 3.8) is 0 Å². The van der Waals surface area contributed by atoms with Crippen molar-refractivity contribution in [1.82, 2.24) is 0 Å². The topological polar surface area (TPSA) is 74.6 Å². The number of carboxylic acids is 2. The highest BCUT2D eigenvalue weighted by molar-refractivity contribution is 5.90. The van der Waals surface area contributed by atoms with Gasteiger partial charge >= 0.3 is 11.9 Å². The first-order valence-electron chi connectivity index (χ1n) is 7.32. The van der Waals surface area contributed by atoms with Gasteiger partial charge in [-0.05, 0) is 46.5 Å². The summed E-state index contributed by atoms with van der Waals surface area (Å²) in [4.78, 5) is 22.1. The molecule has 0 aromatic heterocycles. The molecule has 118 valence electrons. The Labute approximate surface area is 138 Å². The second-order valence-electron chi connectivity index (χ2n) is 5.35. The zero-order valence-electron chi connectivity index (χ0n) is 12.6. The van der Waals surface area contributed by atoms with Gasteiger partial charge in [0.1, 0.15) is 0 Å². The van der Waals surface area contributed by atoms with E-state index in [2.05, 4.69) is 0 Å². The molecule has 0 saturated carbocycles. The monoisotopic (exact) mass is 318 g/mol. The lowest BCUT2D eigenvalue weighted by Crippen LogP contribution is -1.96. The average molecular weight is 318 g/mol. The Kier molecular flexibility index (Phi) is 4.12. The minimum Gasteiger partial charge on any atom is -0.478 e. The van der Waals surface area contributed by atoms with Crippen LogP contribution in [0.5, 0.6) is 0 Å². The van der Waals surface area contributed by atoms with Gasteiger partial charge in [0.25, 0.3) is 0 Å². The molecule has 0 fully saturated rings. The smallest absolute Gasteiger partial charge is 0.335 e. The quantitative estimate of drug-likeness (QED) is 0.747. The standard InChI is InChI=1S/C20H14O4/c21-19(22)17-5-1-3-15(11-17)13-7-9-14(10-8-13)16-4-2-6-18(12-16)20(23)24/h1-12H,(H,21,22)(H,23,24). The van der Waals surface area contributed by atoms with Crippen LogP contribution in [-0.4, -0.2) is 22.2 Å². The molecule has 2 N–H and O–H groups in total. The second kappa shape index (κ2) is 6.38. The third kappa shape index (κ3) is 3.17. The number of rotatable bonds is 4. The first-order chi connectivity index (χ1) is 11.5. The number of carbonyl (C=O) groups is 2. The summed E-state index contributed by atoms with van der Waals surface area (Å²) in [6, 6.07) is 21.1. The summed E-state index contributed by atoms with van der Waals surface area (Å²) in [5.74, 6) is -1.92. The normalized spacial score (nSPS) is 10.3. The highest BCUT2D eigenvalue weighted by Crippen LogP contribution is 2.26. The molecule has 0 aliphatic heterocycles. The lowest BCUT2D eigenvalue weighted by molar-refractivity contribution is 0.0686. The van der Waals surface area contributed by atoms with Crippen LogP contribution in [0.25, 0.3) is 22.3 Å². The van der Waals surface area contributed by atoms with Crippen molar-refractivity contribution in [2.45, 2.75) is 0 Å². The van der Waals surface area contributed by atoms with E-state index in [1.165, 1.54) is 0 Å². The van der Waals surface area contributed by atoms with Crippen LogP contribution in [0.1, 0.15) is 20.7 Å². The summed E-state index contributed by atoms with van der Waals surface area (Å²) in [6.45, 7) is 0. The Hall–Kier alpha value is -3.40. The predicted octanol–water partition coefficient (Wildman–Crippen LogP) is 4.42. The van der Waals surface area contributed by atoms with E-state index in [1.807, 2.05) is 36.4 Å². The summed E-state index contributed by atoms with van der Waals surface area (Å²) in [7, 11) is 0. The molecule has 0 saturated heterocycles. The Morgan fingerprint density at radius 1 is 0.542 bits per heavy atom. The molecule has 0 aliphatic rings. The molecule has 0 unspecified atom stereocenters. The fraction of sp³-hybridized carbons (Fsp3) is 0. The molecule has 0 radical (unpaired) electrons. The zero-order valence-corrected chi connectivity index (χ0v) is 12.6. The van der Waals surface area contributed by atoms with Crippen LogP contribution >= 0.6 is 0 Å². The molecular formula is C20H14O4. The van der Waals surface area contributed by atoms with E-state index >= 15 is 0 Å². The van der Waals surface area contributed by atoms with Gasteiger partial charge in [-0.3, -0.25) is 0 Å². The van der Waals surface area contributed by atoms with Gasteiger partial charge in [-0.25, -0.2) is 9.59 Å². The molecular weight excluding hydrogens is 304 g/mol. The molecule has 0 spiro atoms. The zero-order chi connectivity index (χ0) is 17.1. The summed E-state index contributed by atoms with van der Waals surface area (Å²) in [5.41, 5.74) is 3.92. The summed E-state index contributed by atoms with van der Waals surface area (Å²) >= 11 is 0. The van der Waals surface area contributed by atoms with Crippen molar-refractivity contribution < 1.29 is 19.8 Å². The van der Waals surface area contributed by atoms with Crippen molar-refractivity contribution >= 4 is 11.9 Å².